The second-order valence-electron chi connectivity index (χ2n) is 2.91. The summed E-state index contributed by atoms with van der Waals surface area (Å²) in [6.07, 6.45) is 1.70. The molecule has 1 aromatic carbocycles. The fraction of sp³-hybridized carbons (Fsp3) is 0.100. The second kappa shape index (κ2) is 3.17. The van der Waals surface area contributed by atoms with Crippen molar-refractivity contribution >= 4 is 34.1 Å². The highest BCUT2D eigenvalue weighted by molar-refractivity contribution is 6.36. The van der Waals surface area contributed by atoms with Gasteiger partial charge in [0.15, 0.2) is 0 Å². The van der Waals surface area contributed by atoms with Crippen molar-refractivity contribution < 1.29 is 0 Å². The van der Waals surface area contributed by atoms with Gasteiger partial charge in [-0.15, -0.1) is 0 Å². The molecule has 3 heteroatoms. The molecule has 2 aromatic rings. The minimum Gasteiger partial charge on any atom is -0.256 e. The van der Waals surface area contributed by atoms with E-state index in [2.05, 4.69) is 4.98 Å². The summed E-state index contributed by atoms with van der Waals surface area (Å²) in [7, 11) is 0. The molecule has 0 saturated heterocycles. The largest absolute Gasteiger partial charge is 0.256 e. The molecule has 13 heavy (non-hydrogen) atoms. The van der Waals surface area contributed by atoms with Crippen molar-refractivity contribution in [2.75, 3.05) is 0 Å². The van der Waals surface area contributed by atoms with E-state index in [9.17, 15) is 0 Å². The van der Waals surface area contributed by atoms with Gasteiger partial charge in [-0.1, -0.05) is 23.2 Å². The summed E-state index contributed by atoms with van der Waals surface area (Å²) in [5.74, 6) is 0. The van der Waals surface area contributed by atoms with E-state index >= 15 is 0 Å². The van der Waals surface area contributed by atoms with Gasteiger partial charge in [0.25, 0.3) is 0 Å². The summed E-state index contributed by atoms with van der Waals surface area (Å²) in [6, 6.07) is 5.48. The third-order valence-electron chi connectivity index (χ3n) is 1.95. The normalized spacial score (nSPS) is 10.7. The van der Waals surface area contributed by atoms with Crippen LogP contribution in [0.15, 0.2) is 24.4 Å². The smallest absolute Gasteiger partial charge is 0.0747 e. The molecule has 0 radical (unpaired) electrons. The van der Waals surface area contributed by atoms with E-state index in [1.165, 1.54) is 0 Å². The number of benzene rings is 1. The van der Waals surface area contributed by atoms with E-state index in [1.54, 1.807) is 12.3 Å². The number of halogens is 2. The maximum absolute atomic E-state index is 6.00. The Morgan fingerprint density at radius 2 is 2.00 bits per heavy atom. The average molecular weight is 212 g/mol. The first-order valence-corrected chi connectivity index (χ1v) is 4.64. The van der Waals surface area contributed by atoms with E-state index < -0.39 is 0 Å². The summed E-state index contributed by atoms with van der Waals surface area (Å²) >= 11 is 11.9. The van der Waals surface area contributed by atoms with E-state index in [4.69, 9.17) is 23.2 Å². The molecule has 0 N–H and O–H groups in total. The number of aromatic nitrogens is 1. The van der Waals surface area contributed by atoms with E-state index in [0.717, 1.165) is 16.5 Å². The highest BCUT2D eigenvalue weighted by Crippen LogP contribution is 2.27. The maximum atomic E-state index is 6.00. The molecule has 66 valence electrons. The lowest BCUT2D eigenvalue weighted by Gasteiger charge is -2.03. The Labute approximate surface area is 86.3 Å². The van der Waals surface area contributed by atoms with Gasteiger partial charge in [0.05, 0.1) is 10.5 Å². The Bertz CT molecular complexity index is 466. The predicted octanol–water partition coefficient (Wildman–Crippen LogP) is 3.85. The number of hydrogen-bond acceptors (Lipinski definition) is 1. The Kier molecular flexibility index (Phi) is 2.14. The van der Waals surface area contributed by atoms with Crippen LogP contribution in [0.1, 0.15) is 5.56 Å². The highest BCUT2D eigenvalue weighted by Gasteiger charge is 2.03. The monoisotopic (exact) mass is 211 g/mol. The van der Waals surface area contributed by atoms with Gasteiger partial charge in [-0.2, -0.15) is 0 Å². The highest BCUT2D eigenvalue weighted by atomic mass is 35.5. The van der Waals surface area contributed by atoms with Crippen LogP contribution in [-0.4, -0.2) is 4.98 Å². The molecule has 0 fully saturated rings. The van der Waals surface area contributed by atoms with E-state index in [1.807, 2.05) is 19.1 Å². The fourth-order valence-electron chi connectivity index (χ4n) is 1.36. The topological polar surface area (TPSA) is 12.9 Å². The quantitative estimate of drug-likeness (QED) is 0.646. The van der Waals surface area contributed by atoms with Crippen LogP contribution in [-0.2, 0) is 0 Å². The summed E-state index contributed by atoms with van der Waals surface area (Å²) in [4.78, 5) is 4.24. The van der Waals surface area contributed by atoms with Crippen molar-refractivity contribution in [1.82, 2.24) is 4.98 Å². The van der Waals surface area contributed by atoms with Gasteiger partial charge >= 0.3 is 0 Å². The standard InChI is InChI=1S/C10H7Cl2N/c1-6-4-7(11)5-8-9(12)2-3-13-10(6)8/h2-5H,1H3. The summed E-state index contributed by atoms with van der Waals surface area (Å²) < 4.78 is 0. The summed E-state index contributed by atoms with van der Waals surface area (Å²) in [6.45, 7) is 1.97. The van der Waals surface area contributed by atoms with Crippen molar-refractivity contribution in [2.24, 2.45) is 0 Å². The Hall–Kier alpha value is -0.790. The minimum absolute atomic E-state index is 0.690. The van der Waals surface area contributed by atoms with Crippen molar-refractivity contribution in [3.63, 3.8) is 0 Å². The van der Waals surface area contributed by atoms with Gasteiger partial charge in [-0.25, -0.2) is 0 Å². The lowest BCUT2D eigenvalue weighted by molar-refractivity contribution is 1.37. The zero-order valence-corrected chi connectivity index (χ0v) is 8.52. The number of pyridine rings is 1. The molecule has 1 heterocycles. The fourth-order valence-corrected chi connectivity index (χ4v) is 1.83. The van der Waals surface area contributed by atoms with Crippen molar-refractivity contribution in [3.05, 3.63) is 40.0 Å². The molecule has 0 atom stereocenters. The van der Waals surface area contributed by atoms with Crippen LogP contribution < -0.4 is 0 Å². The Balaban J connectivity index is 2.94. The molecule has 0 amide bonds. The van der Waals surface area contributed by atoms with E-state index in [0.29, 0.717) is 10.0 Å². The van der Waals surface area contributed by atoms with E-state index in [-0.39, 0.29) is 0 Å². The van der Waals surface area contributed by atoms with Crippen LogP contribution in [0.5, 0.6) is 0 Å². The molecule has 0 saturated carbocycles. The molecule has 0 aliphatic heterocycles. The van der Waals surface area contributed by atoms with Gasteiger partial charge in [-0.3, -0.25) is 4.98 Å². The van der Waals surface area contributed by atoms with Crippen molar-refractivity contribution in [1.29, 1.82) is 0 Å². The van der Waals surface area contributed by atoms with Gasteiger partial charge in [-0.05, 0) is 30.7 Å². The molecule has 0 spiro atoms. The first kappa shape index (κ1) is 8.79. The molecular formula is C10H7Cl2N. The molecule has 1 nitrogen and oxygen atoms in total. The lowest BCUT2D eigenvalue weighted by Crippen LogP contribution is -1.83. The number of hydrogen-bond donors (Lipinski definition) is 0. The van der Waals surface area contributed by atoms with Gasteiger partial charge < -0.3 is 0 Å². The lowest BCUT2D eigenvalue weighted by atomic mass is 10.1. The van der Waals surface area contributed by atoms with Crippen LogP contribution >= 0.6 is 23.2 Å². The molecule has 1 aromatic heterocycles. The molecular weight excluding hydrogens is 205 g/mol. The first-order chi connectivity index (χ1) is 6.18. The second-order valence-corrected chi connectivity index (χ2v) is 3.76. The van der Waals surface area contributed by atoms with Crippen LogP contribution in [0, 0.1) is 6.92 Å². The molecule has 0 unspecified atom stereocenters. The third kappa shape index (κ3) is 1.50. The number of nitrogens with zero attached hydrogens (tertiary/aromatic N) is 1. The van der Waals surface area contributed by atoms with Gasteiger partial charge in [0, 0.05) is 16.6 Å². The maximum Gasteiger partial charge on any atom is 0.0747 e. The number of aryl methyl sites for hydroxylation is 1. The number of rotatable bonds is 0. The first-order valence-electron chi connectivity index (χ1n) is 3.89. The number of fused-ring (bicyclic) bond motifs is 1. The average Bonchev–Trinajstić information content (AvgIpc) is 2.07. The zero-order valence-electron chi connectivity index (χ0n) is 7.01. The predicted molar refractivity (Wildman–Crippen MR) is 56.5 cm³/mol. The molecule has 0 aliphatic carbocycles. The molecule has 0 bridgehead atoms. The van der Waals surface area contributed by atoms with Crippen LogP contribution in [0.25, 0.3) is 10.9 Å². The summed E-state index contributed by atoms with van der Waals surface area (Å²) in [5.41, 5.74) is 1.96. The molecule has 0 aliphatic rings. The van der Waals surface area contributed by atoms with Crippen molar-refractivity contribution in [2.45, 2.75) is 6.92 Å². The molecule has 2 rings (SSSR count). The van der Waals surface area contributed by atoms with Crippen molar-refractivity contribution in [3.8, 4) is 0 Å². The summed E-state index contributed by atoms with van der Waals surface area (Å²) in [5, 5.41) is 2.30. The minimum atomic E-state index is 0.690. The van der Waals surface area contributed by atoms with Crippen LogP contribution in [0.2, 0.25) is 10.0 Å². The Morgan fingerprint density at radius 3 is 2.77 bits per heavy atom. The zero-order chi connectivity index (χ0) is 9.42. The van der Waals surface area contributed by atoms with Crippen LogP contribution in [0.4, 0.5) is 0 Å². The van der Waals surface area contributed by atoms with Crippen LogP contribution in [0.3, 0.4) is 0 Å². The Morgan fingerprint density at radius 1 is 1.23 bits per heavy atom. The van der Waals surface area contributed by atoms with Gasteiger partial charge in [0.2, 0.25) is 0 Å². The van der Waals surface area contributed by atoms with Gasteiger partial charge in [0.1, 0.15) is 0 Å². The SMILES string of the molecule is Cc1cc(Cl)cc2c(Cl)ccnc12. The third-order valence-corrected chi connectivity index (χ3v) is 2.49.